The normalized spacial score (nSPS) is 14.7. The van der Waals surface area contributed by atoms with Crippen LogP contribution in [0.2, 0.25) is 0 Å². The number of hydrogen-bond donors (Lipinski definition) is 0. The third-order valence-electron chi connectivity index (χ3n) is 4.81. The summed E-state index contributed by atoms with van der Waals surface area (Å²) in [5, 5.41) is 0. The van der Waals surface area contributed by atoms with Crippen LogP contribution in [0.5, 0.6) is 0 Å². The lowest BCUT2D eigenvalue weighted by Gasteiger charge is -2.49. The van der Waals surface area contributed by atoms with Crippen LogP contribution in [0.3, 0.4) is 0 Å². The SMILES string of the molecule is CCCCCCCCC(C(C)C)C(OC)(OC)C(C)(C)C. The molecule has 2 nitrogen and oxygen atoms in total. The van der Waals surface area contributed by atoms with E-state index in [0.29, 0.717) is 11.8 Å². The van der Waals surface area contributed by atoms with Crippen molar-refractivity contribution in [1.82, 2.24) is 0 Å². The van der Waals surface area contributed by atoms with Crippen LogP contribution in [0.25, 0.3) is 0 Å². The van der Waals surface area contributed by atoms with Crippen LogP contribution in [-0.4, -0.2) is 20.0 Å². The molecule has 0 saturated carbocycles. The van der Waals surface area contributed by atoms with Crippen LogP contribution in [0, 0.1) is 17.3 Å². The molecule has 0 radical (unpaired) electrons. The molecule has 0 spiro atoms. The molecule has 0 fully saturated rings. The smallest absolute Gasteiger partial charge is 0.175 e. The second kappa shape index (κ2) is 9.84. The number of methoxy groups -OCH3 is 2. The maximum Gasteiger partial charge on any atom is 0.175 e. The van der Waals surface area contributed by atoms with Crippen LogP contribution in [0.4, 0.5) is 0 Å². The summed E-state index contributed by atoms with van der Waals surface area (Å²) in [6.45, 7) is 13.5. The van der Waals surface area contributed by atoms with E-state index >= 15 is 0 Å². The Morgan fingerprint density at radius 1 is 0.810 bits per heavy atom. The van der Waals surface area contributed by atoms with E-state index in [-0.39, 0.29) is 5.41 Å². The van der Waals surface area contributed by atoms with Crippen LogP contribution < -0.4 is 0 Å². The van der Waals surface area contributed by atoms with E-state index in [2.05, 4.69) is 41.5 Å². The van der Waals surface area contributed by atoms with Gasteiger partial charge in [0, 0.05) is 25.6 Å². The van der Waals surface area contributed by atoms with Gasteiger partial charge in [-0.2, -0.15) is 0 Å². The van der Waals surface area contributed by atoms with Crippen molar-refractivity contribution in [2.24, 2.45) is 17.3 Å². The van der Waals surface area contributed by atoms with Gasteiger partial charge in [-0.3, -0.25) is 0 Å². The van der Waals surface area contributed by atoms with Gasteiger partial charge >= 0.3 is 0 Å². The number of rotatable bonds is 11. The Morgan fingerprint density at radius 3 is 1.67 bits per heavy atom. The molecule has 0 aromatic carbocycles. The van der Waals surface area contributed by atoms with Gasteiger partial charge in [-0.1, -0.05) is 80.1 Å². The van der Waals surface area contributed by atoms with E-state index in [1.165, 1.54) is 44.9 Å². The minimum atomic E-state index is -0.495. The van der Waals surface area contributed by atoms with E-state index in [9.17, 15) is 0 Å². The molecule has 21 heavy (non-hydrogen) atoms. The summed E-state index contributed by atoms with van der Waals surface area (Å²) in [5.74, 6) is 0.489. The predicted molar refractivity (Wildman–Crippen MR) is 92.5 cm³/mol. The van der Waals surface area contributed by atoms with Crippen molar-refractivity contribution in [3.05, 3.63) is 0 Å². The molecule has 0 rings (SSSR count). The Bertz CT molecular complexity index is 249. The molecule has 1 unspecified atom stereocenters. The molecule has 0 N–H and O–H groups in total. The summed E-state index contributed by atoms with van der Waals surface area (Å²) in [6.07, 6.45) is 9.21. The fraction of sp³-hybridized carbons (Fsp3) is 1.00. The first-order valence-corrected chi connectivity index (χ1v) is 8.87. The van der Waals surface area contributed by atoms with Crippen molar-refractivity contribution in [2.45, 2.75) is 92.3 Å². The van der Waals surface area contributed by atoms with Gasteiger partial charge in [0.15, 0.2) is 5.79 Å². The summed E-state index contributed by atoms with van der Waals surface area (Å²) in [6, 6.07) is 0. The van der Waals surface area contributed by atoms with Crippen molar-refractivity contribution < 1.29 is 9.47 Å². The molecule has 1 atom stereocenters. The summed E-state index contributed by atoms with van der Waals surface area (Å²) >= 11 is 0. The fourth-order valence-electron chi connectivity index (χ4n) is 3.66. The lowest BCUT2D eigenvalue weighted by atomic mass is 9.71. The van der Waals surface area contributed by atoms with Gasteiger partial charge in [0.05, 0.1) is 0 Å². The third-order valence-corrected chi connectivity index (χ3v) is 4.81. The first-order valence-electron chi connectivity index (χ1n) is 8.87. The maximum atomic E-state index is 5.95. The molecule has 0 aromatic heterocycles. The molecule has 0 amide bonds. The zero-order valence-electron chi connectivity index (χ0n) is 15.9. The predicted octanol–water partition coefficient (Wildman–Crippen LogP) is 6.04. The molecule has 128 valence electrons. The average molecular weight is 301 g/mol. The lowest BCUT2D eigenvalue weighted by molar-refractivity contribution is -0.302. The van der Waals surface area contributed by atoms with Gasteiger partial charge in [-0.05, 0) is 12.3 Å². The molecule has 0 saturated heterocycles. The Morgan fingerprint density at radius 2 is 1.29 bits per heavy atom. The van der Waals surface area contributed by atoms with Gasteiger partial charge in [0.1, 0.15) is 0 Å². The maximum absolute atomic E-state index is 5.95. The van der Waals surface area contributed by atoms with E-state index in [0.717, 1.165) is 0 Å². The van der Waals surface area contributed by atoms with Crippen LogP contribution in [-0.2, 0) is 9.47 Å². The standard InChI is InChI=1S/C19H40O2/c1-9-10-11-12-13-14-15-17(16(2)3)19(20-7,21-8)18(4,5)6/h16-17H,9-15H2,1-8H3. The van der Waals surface area contributed by atoms with Gasteiger partial charge < -0.3 is 9.47 Å². The quantitative estimate of drug-likeness (QED) is 0.342. The van der Waals surface area contributed by atoms with Crippen LogP contribution in [0.15, 0.2) is 0 Å². The molecule has 0 aliphatic carbocycles. The van der Waals surface area contributed by atoms with Gasteiger partial charge in [-0.15, -0.1) is 0 Å². The largest absolute Gasteiger partial charge is 0.352 e. The van der Waals surface area contributed by atoms with Crippen molar-refractivity contribution in [3.8, 4) is 0 Å². The summed E-state index contributed by atoms with van der Waals surface area (Å²) in [7, 11) is 3.59. The molecule has 0 aromatic rings. The first-order chi connectivity index (χ1) is 9.76. The van der Waals surface area contributed by atoms with Crippen molar-refractivity contribution >= 4 is 0 Å². The number of hydrogen-bond acceptors (Lipinski definition) is 2. The Kier molecular flexibility index (Phi) is 9.80. The monoisotopic (exact) mass is 300 g/mol. The zero-order chi connectivity index (χ0) is 16.5. The molecule has 0 heterocycles. The second-order valence-corrected chi connectivity index (χ2v) is 7.73. The average Bonchev–Trinajstić information content (AvgIpc) is 2.40. The van der Waals surface area contributed by atoms with Crippen LogP contribution >= 0.6 is 0 Å². The highest BCUT2D eigenvalue weighted by Gasteiger charge is 2.49. The molecule has 2 heteroatoms. The van der Waals surface area contributed by atoms with E-state index < -0.39 is 5.79 Å². The number of unbranched alkanes of at least 4 members (excludes halogenated alkanes) is 5. The van der Waals surface area contributed by atoms with Crippen LogP contribution in [0.1, 0.15) is 86.5 Å². The topological polar surface area (TPSA) is 18.5 Å². The Hall–Kier alpha value is -0.0800. The van der Waals surface area contributed by atoms with E-state index in [1.54, 1.807) is 14.2 Å². The van der Waals surface area contributed by atoms with Crippen molar-refractivity contribution in [3.63, 3.8) is 0 Å². The molecule has 0 bridgehead atoms. The van der Waals surface area contributed by atoms with E-state index in [4.69, 9.17) is 9.47 Å². The van der Waals surface area contributed by atoms with Crippen molar-refractivity contribution in [1.29, 1.82) is 0 Å². The van der Waals surface area contributed by atoms with Gasteiger partial charge in [0.25, 0.3) is 0 Å². The van der Waals surface area contributed by atoms with Gasteiger partial charge in [-0.25, -0.2) is 0 Å². The van der Waals surface area contributed by atoms with Gasteiger partial charge in [0.2, 0.25) is 0 Å². The van der Waals surface area contributed by atoms with E-state index in [1.807, 2.05) is 0 Å². The fourth-order valence-corrected chi connectivity index (χ4v) is 3.66. The first kappa shape index (κ1) is 20.9. The molecule has 0 aliphatic heterocycles. The highest BCUT2D eigenvalue weighted by atomic mass is 16.7. The summed E-state index contributed by atoms with van der Waals surface area (Å²) in [4.78, 5) is 0. The Labute approximate surface area is 134 Å². The highest BCUT2D eigenvalue weighted by molar-refractivity contribution is 4.91. The highest BCUT2D eigenvalue weighted by Crippen LogP contribution is 2.45. The minimum absolute atomic E-state index is 0.0341. The Balaban J connectivity index is 4.71. The summed E-state index contributed by atoms with van der Waals surface area (Å²) < 4.78 is 11.9. The number of ether oxygens (including phenoxy) is 2. The minimum Gasteiger partial charge on any atom is -0.352 e. The zero-order valence-corrected chi connectivity index (χ0v) is 15.9. The van der Waals surface area contributed by atoms with Crippen molar-refractivity contribution in [2.75, 3.05) is 14.2 Å². The second-order valence-electron chi connectivity index (χ2n) is 7.73. The molecule has 0 aliphatic rings. The molecular formula is C19H40O2. The molecular weight excluding hydrogens is 260 g/mol. The third kappa shape index (κ3) is 5.90. The lowest BCUT2D eigenvalue weighted by Crippen LogP contribution is -2.54. The summed E-state index contributed by atoms with van der Waals surface area (Å²) in [5.41, 5.74) is -0.0341.